The molecule has 0 aliphatic carbocycles. The van der Waals surface area contributed by atoms with E-state index in [0.29, 0.717) is 12.2 Å². The molecule has 0 radical (unpaired) electrons. The second-order valence-corrected chi connectivity index (χ2v) is 5.13. The number of pyridine rings is 1. The minimum absolute atomic E-state index is 0.194. The molecule has 0 bridgehead atoms. The third-order valence-corrected chi connectivity index (χ3v) is 3.70. The lowest BCUT2D eigenvalue weighted by molar-refractivity contribution is 0.0946. The van der Waals surface area contributed by atoms with E-state index in [4.69, 9.17) is 0 Å². The maximum absolute atomic E-state index is 12.0. The van der Waals surface area contributed by atoms with Crippen molar-refractivity contribution in [3.05, 3.63) is 59.4 Å². The van der Waals surface area contributed by atoms with Crippen LogP contribution in [0.4, 0.5) is 0 Å². The summed E-state index contributed by atoms with van der Waals surface area (Å²) in [7, 11) is 0. The number of nitrogens with zero attached hydrogens (tertiary/aromatic N) is 2. The van der Waals surface area contributed by atoms with E-state index in [2.05, 4.69) is 20.5 Å². The largest absolute Gasteiger partial charge is 0.347 e. The molecular formula is C14H12N4OS. The Hall–Kier alpha value is -2.47. The summed E-state index contributed by atoms with van der Waals surface area (Å²) in [4.78, 5) is 17.0. The van der Waals surface area contributed by atoms with Crippen LogP contribution in [0.25, 0.3) is 10.6 Å². The first kappa shape index (κ1) is 12.6. The molecule has 0 spiro atoms. The highest BCUT2D eigenvalue weighted by atomic mass is 32.1. The van der Waals surface area contributed by atoms with Gasteiger partial charge in [0.15, 0.2) is 5.69 Å². The lowest BCUT2D eigenvalue weighted by Gasteiger charge is -2.02. The molecule has 6 heteroatoms. The van der Waals surface area contributed by atoms with Crippen molar-refractivity contribution in [1.29, 1.82) is 0 Å². The quantitative estimate of drug-likeness (QED) is 0.773. The summed E-state index contributed by atoms with van der Waals surface area (Å²) in [5.41, 5.74) is 2.25. The van der Waals surface area contributed by atoms with Crippen molar-refractivity contribution in [3.8, 4) is 10.6 Å². The minimum atomic E-state index is -0.194. The molecule has 0 aliphatic heterocycles. The summed E-state index contributed by atoms with van der Waals surface area (Å²) in [5, 5.41) is 11.7. The van der Waals surface area contributed by atoms with E-state index in [1.54, 1.807) is 29.8 Å². The Bertz CT molecular complexity index is 691. The van der Waals surface area contributed by atoms with Crippen molar-refractivity contribution >= 4 is 17.2 Å². The number of aromatic amines is 1. The maximum atomic E-state index is 12.0. The summed E-state index contributed by atoms with van der Waals surface area (Å²) >= 11 is 1.60. The van der Waals surface area contributed by atoms with Crippen LogP contribution in [0, 0.1) is 0 Å². The van der Waals surface area contributed by atoms with Gasteiger partial charge >= 0.3 is 0 Å². The fourth-order valence-electron chi connectivity index (χ4n) is 1.77. The van der Waals surface area contributed by atoms with E-state index >= 15 is 0 Å². The Morgan fingerprint density at radius 1 is 1.30 bits per heavy atom. The molecule has 20 heavy (non-hydrogen) atoms. The Morgan fingerprint density at radius 3 is 2.90 bits per heavy atom. The topological polar surface area (TPSA) is 70.7 Å². The average Bonchev–Trinajstić information content (AvgIpc) is 3.16. The zero-order valence-electron chi connectivity index (χ0n) is 10.5. The second-order valence-electron chi connectivity index (χ2n) is 4.18. The van der Waals surface area contributed by atoms with E-state index < -0.39 is 0 Å². The number of amides is 1. The van der Waals surface area contributed by atoms with E-state index in [-0.39, 0.29) is 5.91 Å². The van der Waals surface area contributed by atoms with Crippen molar-refractivity contribution in [2.24, 2.45) is 0 Å². The summed E-state index contributed by atoms with van der Waals surface area (Å²) < 4.78 is 0. The molecule has 0 unspecified atom stereocenters. The zero-order chi connectivity index (χ0) is 13.8. The molecule has 0 aliphatic rings. The SMILES string of the molecule is O=C(NCc1ccncc1)c1cc(-c2cccs2)[nH]n1. The van der Waals surface area contributed by atoms with Crippen molar-refractivity contribution in [1.82, 2.24) is 20.5 Å². The molecular weight excluding hydrogens is 272 g/mol. The molecule has 3 heterocycles. The normalized spacial score (nSPS) is 10.4. The van der Waals surface area contributed by atoms with Gasteiger partial charge in [-0.1, -0.05) is 6.07 Å². The molecule has 2 N–H and O–H groups in total. The molecule has 0 aromatic carbocycles. The van der Waals surface area contributed by atoms with E-state index in [1.807, 2.05) is 29.6 Å². The van der Waals surface area contributed by atoms with E-state index in [9.17, 15) is 4.79 Å². The predicted octanol–water partition coefficient (Wildman–Crippen LogP) is 2.46. The minimum Gasteiger partial charge on any atom is -0.347 e. The van der Waals surface area contributed by atoms with E-state index in [1.165, 1.54) is 0 Å². The third kappa shape index (κ3) is 2.75. The molecule has 3 aromatic rings. The van der Waals surface area contributed by atoms with Crippen molar-refractivity contribution in [3.63, 3.8) is 0 Å². The van der Waals surface area contributed by atoms with Gasteiger partial charge in [0.05, 0.1) is 10.6 Å². The first-order valence-corrected chi connectivity index (χ1v) is 6.97. The van der Waals surface area contributed by atoms with Crippen LogP contribution >= 0.6 is 11.3 Å². The fraction of sp³-hybridized carbons (Fsp3) is 0.0714. The molecule has 0 saturated heterocycles. The molecule has 1 amide bonds. The van der Waals surface area contributed by atoms with Crippen LogP contribution in [0.15, 0.2) is 48.1 Å². The van der Waals surface area contributed by atoms with Crippen LogP contribution in [0.2, 0.25) is 0 Å². The van der Waals surface area contributed by atoms with Gasteiger partial charge in [0, 0.05) is 18.9 Å². The summed E-state index contributed by atoms with van der Waals surface area (Å²) in [6.07, 6.45) is 3.40. The standard InChI is InChI=1S/C14H12N4OS/c19-14(16-9-10-3-5-15-6-4-10)12-8-11(17-18-12)13-2-1-7-20-13/h1-8H,9H2,(H,16,19)(H,17,18). The van der Waals surface area contributed by atoms with Gasteiger partial charge < -0.3 is 5.32 Å². The summed E-state index contributed by atoms with van der Waals surface area (Å²) in [6.45, 7) is 0.461. The molecule has 3 rings (SSSR count). The highest BCUT2D eigenvalue weighted by Gasteiger charge is 2.11. The molecule has 0 saturated carbocycles. The number of H-pyrrole nitrogens is 1. The Morgan fingerprint density at radius 2 is 2.15 bits per heavy atom. The monoisotopic (exact) mass is 284 g/mol. The fourth-order valence-corrected chi connectivity index (χ4v) is 2.46. The number of carbonyl (C=O) groups excluding carboxylic acids is 1. The zero-order valence-corrected chi connectivity index (χ0v) is 11.4. The number of carbonyl (C=O) groups is 1. The number of hydrogen-bond acceptors (Lipinski definition) is 4. The number of thiophene rings is 1. The number of hydrogen-bond donors (Lipinski definition) is 2. The predicted molar refractivity (Wildman–Crippen MR) is 77.3 cm³/mol. The van der Waals surface area contributed by atoms with Gasteiger partial charge in [0.2, 0.25) is 0 Å². The highest BCUT2D eigenvalue weighted by molar-refractivity contribution is 7.13. The van der Waals surface area contributed by atoms with Crippen molar-refractivity contribution in [2.75, 3.05) is 0 Å². The summed E-state index contributed by atoms with van der Waals surface area (Å²) in [6, 6.07) is 9.43. The molecule has 100 valence electrons. The van der Waals surface area contributed by atoms with Gasteiger partial charge in [-0.25, -0.2) is 0 Å². The van der Waals surface area contributed by atoms with Crippen LogP contribution in [0.5, 0.6) is 0 Å². The Labute approximate surface area is 119 Å². The average molecular weight is 284 g/mol. The maximum Gasteiger partial charge on any atom is 0.272 e. The van der Waals surface area contributed by atoms with Crippen LogP contribution in [0.1, 0.15) is 16.1 Å². The smallest absolute Gasteiger partial charge is 0.272 e. The first-order valence-electron chi connectivity index (χ1n) is 6.09. The van der Waals surface area contributed by atoms with Crippen LogP contribution in [-0.4, -0.2) is 21.1 Å². The Kier molecular flexibility index (Phi) is 3.56. The van der Waals surface area contributed by atoms with Gasteiger partial charge in [0.25, 0.3) is 5.91 Å². The second kappa shape index (κ2) is 5.66. The lowest BCUT2D eigenvalue weighted by atomic mass is 10.2. The van der Waals surface area contributed by atoms with Gasteiger partial charge in [0.1, 0.15) is 0 Å². The highest BCUT2D eigenvalue weighted by Crippen LogP contribution is 2.22. The first-order chi connectivity index (χ1) is 9.83. The number of rotatable bonds is 4. The third-order valence-electron chi connectivity index (χ3n) is 2.80. The number of aromatic nitrogens is 3. The molecule has 0 atom stereocenters. The van der Waals surface area contributed by atoms with Crippen LogP contribution < -0.4 is 5.32 Å². The molecule has 0 fully saturated rings. The van der Waals surface area contributed by atoms with Crippen molar-refractivity contribution in [2.45, 2.75) is 6.54 Å². The Balaban J connectivity index is 1.66. The molecule has 3 aromatic heterocycles. The number of nitrogens with one attached hydrogen (secondary N) is 2. The van der Waals surface area contributed by atoms with E-state index in [0.717, 1.165) is 16.1 Å². The van der Waals surface area contributed by atoms with Crippen molar-refractivity contribution < 1.29 is 4.79 Å². The molecule has 5 nitrogen and oxygen atoms in total. The van der Waals surface area contributed by atoms with Gasteiger partial charge in [-0.05, 0) is 35.2 Å². The van der Waals surface area contributed by atoms with Gasteiger partial charge in [-0.15, -0.1) is 11.3 Å². The van der Waals surface area contributed by atoms with Crippen LogP contribution in [-0.2, 0) is 6.54 Å². The summed E-state index contributed by atoms with van der Waals surface area (Å²) in [5.74, 6) is -0.194. The van der Waals surface area contributed by atoms with Gasteiger partial charge in [-0.3, -0.25) is 14.9 Å². The lowest BCUT2D eigenvalue weighted by Crippen LogP contribution is -2.23. The van der Waals surface area contributed by atoms with Crippen LogP contribution in [0.3, 0.4) is 0 Å². The van der Waals surface area contributed by atoms with Gasteiger partial charge in [-0.2, -0.15) is 5.10 Å².